The Morgan fingerprint density at radius 3 is 2.39 bits per heavy atom. The molecule has 0 spiro atoms. The highest BCUT2D eigenvalue weighted by Crippen LogP contribution is 2.22. The van der Waals surface area contributed by atoms with Gasteiger partial charge >= 0.3 is 0 Å². The first kappa shape index (κ1) is 13.5. The fourth-order valence-electron chi connectivity index (χ4n) is 1.90. The number of benzene rings is 1. The third-order valence-corrected chi connectivity index (χ3v) is 3.07. The van der Waals surface area contributed by atoms with Gasteiger partial charge in [-0.1, -0.05) is 30.3 Å². The van der Waals surface area contributed by atoms with Gasteiger partial charge in [0.15, 0.2) is 6.29 Å². The monoisotopic (exact) mass is 254 g/mol. The summed E-state index contributed by atoms with van der Waals surface area (Å²) in [5, 5.41) is 28.9. The smallest absolute Gasteiger partial charge is 0.186 e. The van der Waals surface area contributed by atoms with Crippen LogP contribution in [0, 0.1) is 0 Å². The number of rotatable bonds is 3. The summed E-state index contributed by atoms with van der Waals surface area (Å²) in [6.45, 7) is 1.90. The van der Waals surface area contributed by atoms with E-state index in [0.717, 1.165) is 5.56 Å². The number of ether oxygens (including phenoxy) is 2. The van der Waals surface area contributed by atoms with E-state index in [1.807, 2.05) is 30.3 Å². The molecule has 1 aromatic carbocycles. The second-order valence-electron chi connectivity index (χ2n) is 4.48. The van der Waals surface area contributed by atoms with Gasteiger partial charge < -0.3 is 24.8 Å². The van der Waals surface area contributed by atoms with Crippen molar-refractivity contribution in [1.29, 1.82) is 0 Å². The van der Waals surface area contributed by atoms with E-state index in [2.05, 4.69) is 0 Å². The molecule has 0 aliphatic carbocycles. The normalized spacial score (nSPS) is 36.6. The van der Waals surface area contributed by atoms with Crippen molar-refractivity contribution < 1.29 is 24.8 Å². The number of hydrogen-bond donors (Lipinski definition) is 3. The van der Waals surface area contributed by atoms with Crippen LogP contribution in [0.3, 0.4) is 0 Å². The Morgan fingerprint density at radius 2 is 1.72 bits per heavy atom. The number of aliphatic hydroxyl groups is 3. The second-order valence-corrected chi connectivity index (χ2v) is 4.48. The third-order valence-electron chi connectivity index (χ3n) is 3.07. The first-order chi connectivity index (χ1) is 8.59. The fraction of sp³-hybridized carbons (Fsp3) is 0.538. The van der Waals surface area contributed by atoms with Gasteiger partial charge in [-0.25, -0.2) is 0 Å². The lowest BCUT2D eigenvalue weighted by Crippen LogP contribution is -2.57. The van der Waals surface area contributed by atoms with Crippen LogP contribution in [-0.2, 0) is 16.1 Å². The van der Waals surface area contributed by atoms with Gasteiger partial charge in [-0.2, -0.15) is 0 Å². The Morgan fingerprint density at radius 1 is 1.06 bits per heavy atom. The van der Waals surface area contributed by atoms with E-state index < -0.39 is 30.7 Å². The quantitative estimate of drug-likeness (QED) is 0.709. The molecule has 0 saturated carbocycles. The molecule has 1 aromatic rings. The van der Waals surface area contributed by atoms with E-state index in [0.29, 0.717) is 0 Å². The molecule has 0 aromatic heterocycles. The minimum absolute atomic E-state index is 0.276. The summed E-state index contributed by atoms with van der Waals surface area (Å²) in [5.74, 6) is 0. The van der Waals surface area contributed by atoms with Crippen LogP contribution < -0.4 is 0 Å². The molecule has 1 saturated heterocycles. The molecule has 1 heterocycles. The van der Waals surface area contributed by atoms with Crippen molar-refractivity contribution in [1.82, 2.24) is 0 Å². The lowest BCUT2D eigenvalue weighted by atomic mass is 10.00. The van der Waals surface area contributed by atoms with Gasteiger partial charge in [0.1, 0.15) is 18.3 Å². The summed E-state index contributed by atoms with van der Waals surface area (Å²) in [5.41, 5.74) is 0.946. The van der Waals surface area contributed by atoms with Gasteiger partial charge in [-0.15, -0.1) is 0 Å². The molecule has 1 aliphatic rings. The molecule has 0 amide bonds. The van der Waals surface area contributed by atoms with E-state index in [1.54, 1.807) is 6.92 Å². The maximum atomic E-state index is 9.74. The zero-order valence-corrected chi connectivity index (χ0v) is 10.1. The Balaban J connectivity index is 1.93. The van der Waals surface area contributed by atoms with Crippen molar-refractivity contribution in [3.8, 4) is 0 Å². The predicted octanol–water partition coefficient (Wildman–Crippen LogP) is 0.0307. The zero-order valence-electron chi connectivity index (χ0n) is 10.1. The van der Waals surface area contributed by atoms with E-state index in [4.69, 9.17) is 9.47 Å². The molecule has 100 valence electrons. The maximum absolute atomic E-state index is 9.74. The standard InChI is InChI=1S/C13H18O5/c1-8-10(14)11(15)12(16)13(18-8)17-7-9-5-3-2-4-6-9/h2-6,8,10-16H,7H2,1H3/t8-,10-,11+,12+,13+/m1/s1. The fourth-order valence-corrected chi connectivity index (χ4v) is 1.90. The molecular formula is C13H18O5. The van der Waals surface area contributed by atoms with Crippen LogP contribution in [0.2, 0.25) is 0 Å². The lowest BCUT2D eigenvalue weighted by molar-refractivity contribution is -0.296. The van der Waals surface area contributed by atoms with Crippen molar-refractivity contribution in [2.75, 3.05) is 0 Å². The molecule has 0 bridgehead atoms. The van der Waals surface area contributed by atoms with Crippen LogP contribution >= 0.6 is 0 Å². The van der Waals surface area contributed by atoms with E-state index in [9.17, 15) is 15.3 Å². The van der Waals surface area contributed by atoms with Crippen molar-refractivity contribution in [2.45, 2.75) is 44.2 Å². The molecule has 2 rings (SSSR count). The highest BCUT2D eigenvalue weighted by atomic mass is 16.7. The summed E-state index contributed by atoms with van der Waals surface area (Å²) in [4.78, 5) is 0. The highest BCUT2D eigenvalue weighted by Gasteiger charge is 2.42. The molecule has 3 N–H and O–H groups in total. The van der Waals surface area contributed by atoms with Gasteiger partial charge in [-0.3, -0.25) is 0 Å². The molecule has 0 unspecified atom stereocenters. The molecule has 1 fully saturated rings. The zero-order chi connectivity index (χ0) is 13.1. The Hall–Kier alpha value is -0.980. The Kier molecular flexibility index (Phi) is 4.31. The minimum Gasteiger partial charge on any atom is -0.388 e. The molecule has 0 radical (unpaired) electrons. The average molecular weight is 254 g/mol. The van der Waals surface area contributed by atoms with Crippen LogP contribution in [0.25, 0.3) is 0 Å². The summed E-state index contributed by atoms with van der Waals surface area (Å²) in [6, 6.07) is 9.46. The maximum Gasteiger partial charge on any atom is 0.186 e. The number of hydrogen-bond acceptors (Lipinski definition) is 5. The summed E-state index contributed by atoms with van der Waals surface area (Å²) in [6.07, 6.45) is -5.12. The largest absolute Gasteiger partial charge is 0.388 e. The van der Waals surface area contributed by atoms with E-state index >= 15 is 0 Å². The first-order valence-corrected chi connectivity index (χ1v) is 5.95. The number of aliphatic hydroxyl groups excluding tert-OH is 3. The molecule has 5 nitrogen and oxygen atoms in total. The minimum atomic E-state index is -1.26. The van der Waals surface area contributed by atoms with Crippen LogP contribution in [0.1, 0.15) is 12.5 Å². The Labute approximate surface area is 106 Å². The molecule has 5 atom stereocenters. The topological polar surface area (TPSA) is 79.2 Å². The van der Waals surface area contributed by atoms with Gasteiger partial charge in [0.25, 0.3) is 0 Å². The highest BCUT2D eigenvalue weighted by molar-refractivity contribution is 5.13. The summed E-state index contributed by atoms with van der Waals surface area (Å²) >= 11 is 0. The summed E-state index contributed by atoms with van der Waals surface area (Å²) < 4.78 is 10.7. The van der Waals surface area contributed by atoms with Crippen LogP contribution in [0.5, 0.6) is 0 Å². The van der Waals surface area contributed by atoms with Crippen LogP contribution in [-0.4, -0.2) is 46.0 Å². The second kappa shape index (κ2) is 5.77. The van der Waals surface area contributed by atoms with Gasteiger partial charge in [-0.05, 0) is 12.5 Å². The average Bonchev–Trinajstić information content (AvgIpc) is 2.40. The van der Waals surface area contributed by atoms with E-state index in [1.165, 1.54) is 0 Å². The SMILES string of the molecule is C[C@H]1O[C@H](OCc2ccccc2)[C@@H](O)[C@@H](O)[C@@H]1O. The van der Waals surface area contributed by atoms with Gasteiger partial charge in [0.05, 0.1) is 12.7 Å². The van der Waals surface area contributed by atoms with Gasteiger partial charge in [0.2, 0.25) is 0 Å². The Bertz CT molecular complexity index is 369. The molecule has 1 aliphatic heterocycles. The first-order valence-electron chi connectivity index (χ1n) is 5.95. The van der Waals surface area contributed by atoms with Crippen molar-refractivity contribution in [3.05, 3.63) is 35.9 Å². The molecule has 18 heavy (non-hydrogen) atoms. The van der Waals surface area contributed by atoms with Crippen molar-refractivity contribution in [3.63, 3.8) is 0 Å². The third kappa shape index (κ3) is 2.88. The van der Waals surface area contributed by atoms with Crippen LogP contribution in [0.4, 0.5) is 0 Å². The lowest BCUT2D eigenvalue weighted by Gasteiger charge is -2.38. The summed E-state index contributed by atoms with van der Waals surface area (Å²) in [7, 11) is 0. The molecular weight excluding hydrogens is 236 g/mol. The van der Waals surface area contributed by atoms with Gasteiger partial charge in [0, 0.05) is 0 Å². The van der Waals surface area contributed by atoms with Crippen LogP contribution in [0.15, 0.2) is 30.3 Å². The predicted molar refractivity (Wildman–Crippen MR) is 63.6 cm³/mol. The van der Waals surface area contributed by atoms with Crippen molar-refractivity contribution in [2.24, 2.45) is 0 Å². The molecule has 5 heteroatoms. The van der Waals surface area contributed by atoms with E-state index in [-0.39, 0.29) is 6.61 Å². The van der Waals surface area contributed by atoms with Crippen molar-refractivity contribution >= 4 is 0 Å².